The van der Waals surface area contributed by atoms with Gasteiger partial charge in [0.15, 0.2) is 0 Å². The minimum atomic E-state index is -5.08. The zero-order chi connectivity index (χ0) is 24.7. The van der Waals surface area contributed by atoms with Gasteiger partial charge >= 0.3 is 12.1 Å². The van der Waals surface area contributed by atoms with E-state index in [9.17, 15) is 18.0 Å². The molecule has 2 aromatic rings. The van der Waals surface area contributed by atoms with Crippen LogP contribution in [0.4, 0.5) is 13.2 Å². The van der Waals surface area contributed by atoms with Crippen molar-refractivity contribution in [1.82, 2.24) is 24.6 Å². The highest BCUT2D eigenvalue weighted by molar-refractivity contribution is 5.77. The molecule has 1 fully saturated rings. The lowest BCUT2D eigenvalue weighted by atomic mass is 9.96. The summed E-state index contributed by atoms with van der Waals surface area (Å²) in [6.07, 6.45) is 5.76. The van der Waals surface area contributed by atoms with E-state index >= 15 is 0 Å². The molecule has 0 saturated heterocycles. The van der Waals surface area contributed by atoms with Crippen LogP contribution in [-0.4, -0.2) is 67.6 Å². The number of ether oxygens (including phenoxy) is 1. The minimum Gasteiger partial charge on any atom is -0.475 e. The number of carboxylic acids is 1. The van der Waals surface area contributed by atoms with Crippen molar-refractivity contribution in [3.8, 4) is 0 Å². The number of rotatable bonds is 8. The van der Waals surface area contributed by atoms with Crippen molar-refractivity contribution >= 4 is 11.9 Å². The van der Waals surface area contributed by atoms with Crippen molar-refractivity contribution in [2.75, 3.05) is 19.8 Å². The zero-order valence-electron chi connectivity index (χ0n) is 18.9. The Labute approximate surface area is 194 Å². The SMILES string of the molecule is CCn1cc2c(n1)C(COCC1CC1)CN(C(=O)CCc1cncnc1)C2.O=C(O)C(F)(F)F. The van der Waals surface area contributed by atoms with Crippen molar-refractivity contribution in [2.45, 2.75) is 57.8 Å². The van der Waals surface area contributed by atoms with Crippen LogP contribution in [0.5, 0.6) is 0 Å². The summed E-state index contributed by atoms with van der Waals surface area (Å²) in [7, 11) is 0. The lowest BCUT2D eigenvalue weighted by Crippen LogP contribution is -2.39. The third-order valence-electron chi connectivity index (χ3n) is 5.59. The lowest BCUT2D eigenvalue weighted by molar-refractivity contribution is -0.192. The largest absolute Gasteiger partial charge is 0.490 e. The molecule has 0 aromatic carbocycles. The number of aliphatic carboxylic acids is 1. The second kappa shape index (κ2) is 11.4. The van der Waals surface area contributed by atoms with E-state index in [0.29, 0.717) is 32.5 Å². The molecule has 1 aliphatic carbocycles. The van der Waals surface area contributed by atoms with Crippen LogP contribution in [0.1, 0.15) is 48.9 Å². The molecular weight excluding hydrogens is 455 g/mol. The average molecular weight is 483 g/mol. The van der Waals surface area contributed by atoms with Gasteiger partial charge in [0.05, 0.1) is 12.3 Å². The molecule has 2 aromatic heterocycles. The molecule has 1 aliphatic heterocycles. The van der Waals surface area contributed by atoms with Crippen molar-refractivity contribution in [2.24, 2.45) is 5.92 Å². The van der Waals surface area contributed by atoms with Crippen molar-refractivity contribution < 1.29 is 32.6 Å². The Kier molecular flexibility index (Phi) is 8.59. The zero-order valence-corrected chi connectivity index (χ0v) is 18.9. The second-order valence-corrected chi connectivity index (χ2v) is 8.40. The molecular formula is C22H28F3N5O4. The molecule has 0 radical (unpaired) electrons. The summed E-state index contributed by atoms with van der Waals surface area (Å²) in [6.45, 7) is 5.72. The monoisotopic (exact) mass is 483 g/mol. The average Bonchev–Trinajstić information content (AvgIpc) is 3.53. The second-order valence-electron chi connectivity index (χ2n) is 8.40. The number of hydrogen-bond donors (Lipinski definition) is 1. The third kappa shape index (κ3) is 7.51. The smallest absolute Gasteiger partial charge is 0.475 e. The number of alkyl halides is 3. The summed E-state index contributed by atoms with van der Waals surface area (Å²) >= 11 is 0. The van der Waals surface area contributed by atoms with E-state index in [-0.39, 0.29) is 11.8 Å². The Bertz CT molecular complexity index is 963. The Morgan fingerprint density at radius 1 is 1.21 bits per heavy atom. The van der Waals surface area contributed by atoms with Crippen LogP contribution >= 0.6 is 0 Å². The van der Waals surface area contributed by atoms with E-state index in [1.54, 1.807) is 12.4 Å². The van der Waals surface area contributed by atoms with Gasteiger partial charge in [-0.3, -0.25) is 9.48 Å². The Morgan fingerprint density at radius 3 is 2.47 bits per heavy atom. The molecule has 0 spiro atoms. The number of hydrogen-bond acceptors (Lipinski definition) is 6. The van der Waals surface area contributed by atoms with Gasteiger partial charge in [0.2, 0.25) is 5.91 Å². The molecule has 9 nitrogen and oxygen atoms in total. The fourth-order valence-corrected chi connectivity index (χ4v) is 3.58. The van der Waals surface area contributed by atoms with E-state index in [1.807, 2.05) is 9.58 Å². The molecule has 1 saturated carbocycles. The topological polar surface area (TPSA) is 110 Å². The standard InChI is InChI=1S/C20H27N5O2.C2HF3O2/c1-2-25-11-17-9-24(19(26)6-5-16-7-21-14-22-8-16)10-18(20(17)23-25)13-27-12-15-3-4-15;3-2(4,5)1(6)7/h7-8,11,14-15,18H,2-6,9-10,12-13H2,1H3;(H,6,7). The fourth-order valence-electron chi connectivity index (χ4n) is 3.58. The van der Waals surface area contributed by atoms with Crippen LogP contribution in [0.3, 0.4) is 0 Å². The van der Waals surface area contributed by atoms with Crippen molar-refractivity contribution in [3.63, 3.8) is 0 Å². The number of aryl methyl sites for hydroxylation is 2. The van der Waals surface area contributed by atoms with Gasteiger partial charge < -0.3 is 14.7 Å². The summed E-state index contributed by atoms with van der Waals surface area (Å²) in [5, 5.41) is 11.9. The number of carbonyl (C=O) groups excluding carboxylic acids is 1. The molecule has 3 heterocycles. The van der Waals surface area contributed by atoms with E-state index in [0.717, 1.165) is 35.9 Å². The maximum Gasteiger partial charge on any atom is 0.490 e. The van der Waals surface area contributed by atoms with Gasteiger partial charge in [0.25, 0.3) is 0 Å². The van der Waals surface area contributed by atoms with Crippen LogP contribution < -0.4 is 0 Å². The summed E-state index contributed by atoms with van der Waals surface area (Å²) in [5.41, 5.74) is 3.25. The normalized spacial score (nSPS) is 17.5. The predicted octanol–water partition coefficient (Wildman–Crippen LogP) is 2.81. The Hall–Kier alpha value is -3.02. The van der Waals surface area contributed by atoms with Crippen LogP contribution in [-0.2, 0) is 33.8 Å². The highest BCUT2D eigenvalue weighted by Gasteiger charge is 2.38. The van der Waals surface area contributed by atoms with E-state index < -0.39 is 12.1 Å². The first-order valence-electron chi connectivity index (χ1n) is 11.1. The molecule has 1 amide bonds. The Balaban J connectivity index is 0.000000406. The van der Waals surface area contributed by atoms with Crippen LogP contribution in [0.25, 0.3) is 0 Å². The first-order chi connectivity index (χ1) is 16.2. The number of nitrogens with zero attached hydrogens (tertiary/aromatic N) is 5. The van der Waals surface area contributed by atoms with E-state index in [4.69, 9.17) is 19.7 Å². The first-order valence-corrected chi connectivity index (χ1v) is 11.1. The fraction of sp³-hybridized carbons (Fsp3) is 0.591. The molecule has 2 aliphatic rings. The van der Waals surface area contributed by atoms with Gasteiger partial charge in [-0.25, -0.2) is 14.8 Å². The molecule has 34 heavy (non-hydrogen) atoms. The highest BCUT2D eigenvalue weighted by atomic mass is 19.4. The molecule has 4 rings (SSSR count). The summed E-state index contributed by atoms with van der Waals surface area (Å²) in [6, 6.07) is 0. The number of fused-ring (bicyclic) bond motifs is 1. The third-order valence-corrected chi connectivity index (χ3v) is 5.59. The highest BCUT2D eigenvalue weighted by Crippen LogP contribution is 2.31. The lowest BCUT2D eigenvalue weighted by Gasteiger charge is -2.32. The van der Waals surface area contributed by atoms with Gasteiger partial charge in [-0.2, -0.15) is 18.3 Å². The number of aromatic nitrogens is 4. The van der Waals surface area contributed by atoms with Gasteiger partial charge in [-0.1, -0.05) is 0 Å². The molecule has 186 valence electrons. The molecule has 12 heteroatoms. The number of halogens is 3. The predicted molar refractivity (Wildman–Crippen MR) is 114 cm³/mol. The maximum atomic E-state index is 12.8. The quantitative estimate of drug-likeness (QED) is 0.615. The van der Waals surface area contributed by atoms with Crippen LogP contribution in [0.2, 0.25) is 0 Å². The van der Waals surface area contributed by atoms with Crippen molar-refractivity contribution in [1.29, 1.82) is 0 Å². The van der Waals surface area contributed by atoms with Gasteiger partial charge in [0, 0.05) is 62.7 Å². The number of amides is 1. The molecule has 1 atom stereocenters. The van der Waals surface area contributed by atoms with Crippen LogP contribution in [0.15, 0.2) is 24.9 Å². The maximum absolute atomic E-state index is 12.8. The summed E-state index contributed by atoms with van der Waals surface area (Å²) < 4.78 is 39.7. The van der Waals surface area contributed by atoms with Gasteiger partial charge in [0.1, 0.15) is 6.33 Å². The molecule has 0 bridgehead atoms. The number of carboxylic acid groups (broad SMARTS) is 1. The van der Waals surface area contributed by atoms with Crippen LogP contribution in [0, 0.1) is 5.92 Å². The molecule has 1 unspecified atom stereocenters. The number of carbonyl (C=O) groups is 2. The van der Waals surface area contributed by atoms with Gasteiger partial charge in [-0.15, -0.1) is 0 Å². The van der Waals surface area contributed by atoms with E-state index in [1.165, 1.54) is 19.2 Å². The Morgan fingerprint density at radius 2 is 1.88 bits per heavy atom. The summed E-state index contributed by atoms with van der Waals surface area (Å²) in [4.78, 5) is 31.7. The van der Waals surface area contributed by atoms with Crippen molar-refractivity contribution in [3.05, 3.63) is 41.7 Å². The summed E-state index contributed by atoms with van der Waals surface area (Å²) in [5.74, 6) is -1.69. The minimum absolute atomic E-state index is 0.157. The van der Waals surface area contributed by atoms with E-state index in [2.05, 4.69) is 23.1 Å². The molecule has 1 N–H and O–H groups in total. The van der Waals surface area contributed by atoms with Gasteiger partial charge in [-0.05, 0) is 37.7 Å². The first kappa shape index (κ1) is 25.6.